The summed E-state index contributed by atoms with van der Waals surface area (Å²) < 4.78 is 12.8. The molecule has 1 unspecified atom stereocenters. The van der Waals surface area contributed by atoms with E-state index < -0.39 is 0 Å². The van der Waals surface area contributed by atoms with Crippen LogP contribution in [0.5, 0.6) is 17.2 Å². The van der Waals surface area contributed by atoms with Crippen LogP contribution in [0, 0.1) is 5.92 Å². The summed E-state index contributed by atoms with van der Waals surface area (Å²) in [4.78, 5) is 6.99. The largest absolute Gasteiger partial charge is 0.507 e. The lowest BCUT2D eigenvalue weighted by atomic mass is 9.97. The number of aliphatic imine (C=N–C) groups is 1. The molecule has 0 bridgehead atoms. The van der Waals surface area contributed by atoms with Gasteiger partial charge in [-0.05, 0) is 62.2 Å². The van der Waals surface area contributed by atoms with Crippen LogP contribution in [-0.2, 0) is 0 Å². The minimum atomic E-state index is 0.0232. The summed E-state index contributed by atoms with van der Waals surface area (Å²) in [6, 6.07) is 10.8. The molecule has 0 aromatic heterocycles. The predicted molar refractivity (Wildman–Crippen MR) is 119 cm³/mol. The number of piperidine rings is 1. The van der Waals surface area contributed by atoms with Gasteiger partial charge in [-0.25, -0.2) is 0 Å². The van der Waals surface area contributed by atoms with Crippen molar-refractivity contribution < 1.29 is 14.6 Å². The lowest BCUT2D eigenvalue weighted by Gasteiger charge is -2.35. The van der Waals surface area contributed by atoms with Crippen molar-refractivity contribution in [1.29, 1.82) is 0 Å². The van der Waals surface area contributed by atoms with Gasteiger partial charge in [0.2, 0.25) is 0 Å². The molecule has 0 aliphatic carbocycles. The highest BCUT2D eigenvalue weighted by molar-refractivity contribution is 9.10. The number of likely N-dealkylation sites (tertiary alicyclic amines) is 1. The predicted octanol–water partition coefficient (Wildman–Crippen LogP) is 4.78. The van der Waals surface area contributed by atoms with E-state index in [1.54, 1.807) is 12.3 Å². The Bertz CT molecular complexity index is 884. The van der Waals surface area contributed by atoms with Gasteiger partial charge in [0, 0.05) is 40.4 Å². The number of benzene rings is 2. The molecule has 2 aliphatic heterocycles. The molecular weight excluding hydrogens is 456 g/mol. The molecule has 29 heavy (non-hydrogen) atoms. The summed E-state index contributed by atoms with van der Waals surface area (Å²) in [6.45, 7) is 4.27. The van der Waals surface area contributed by atoms with Crippen molar-refractivity contribution in [1.82, 2.24) is 4.90 Å². The van der Waals surface area contributed by atoms with Gasteiger partial charge in [-0.1, -0.05) is 27.5 Å². The van der Waals surface area contributed by atoms with E-state index >= 15 is 0 Å². The van der Waals surface area contributed by atoms with Crippen LogP contribution in [0.1, 0.15) is 18.4 Å². The van der Waals surface area contributed by atoms with E-state index in [1.165, 1.54) is 0 Å². The molecule has 4 rings (SSSR count). The number of rotatable bonds is 5. The Labute approximate surface area is 184 Å². The van der Waals surface area contributed by atoms with Gasteiger partial charge in [0.05, 0.1) is 0 Å². The van der Waals surface area contributed by atoms with Crippen LogP contribution < -0.4 is 9.47 Å². The minimum absolute atomic E-state index is 0.0232. The van der Waals surface area contributed by atoms with Gasteiger partial charge < -0.3 is 14.6 Å². The van der Waals surface area contributed by atoms with Gasteiger partial charge in [0.1, 0.15) is 18.5 Å². The molecule has 1 saturated heterocycles. The summed E-state index contributed by atoms with van der Waals surface area (Å²) in [6.07, 6.45) is 4.01. The average molecular weight is 480 g/mol. The summed E-state index contributed by atoms with van der Waals surface area (Å²) in [7, 11) is 0. The first-order valence-corrected chi connectivity index (χ1v) is 11.0. The van der Waals surface area contributed by atoms with Gasteiger partial charge >= 0.3 is 0 Å². The number of phenolic OH excluding ortho intramolecular Hbond substituents is 1. The molecule has 0 spiro atoms. The molecular formula is C22H24BrClN2O3. The van der Waals surface area contributed by atoms with Crippen molar-refractivity contribution in [3.8, 4) is 17.2 Å². The third kappa shape index (κ3) is 5.44. The van der Waals surface area contributed by atoms with Gasteiger partial charge in [0.25, 0.3) is 0 Å². The Morgan fingerprint density at radius 2 is 2.00 bits per heavy atom. The van der Waals surface area contributed by atoms with Gasteiger partial charge in [0.15, 0.2) is 11.5 Å². The number of halogens is 2. The van der Waals surface area contributed by atoms with Crippen LogP contribution in [0.4, 0.5) is 0 Å². The Balaban J connectivity index is 1.23. The number of hydrogen-bond donors (Lipinski definition) is 1. The fourth-order valence-corrected chi connectivity index (χ4v) is 4.29. The van der Waals surface area contributed by atoms with Crippen LogP contribution in [0.25, 0.3) is 0 Å². The van der Waals surface area contributed by atoms with E-state index in [1.807, 2.05) is 30.3 Å². The first kappa shape index (κ1) is 20.5. The molecule has 154 valence electrons. The lowest BCUT2D eigenvalue weighted by molar-refractivity contribution is 0.0483. The maximum absolute atomic E-state index is 9.89. The highest BCUT2D eigenvalue weighted by Crippen LogP contribution is 2.34. The maximum atomic E-state index is 9.89. The smallest absolute Gasteiger partial charge is 0.163 e. The Morgan fingerprint density at radius 1 is 1.17 bits per heavy atom. The molecule has 0 radical (unpaired) electrons. The van der Waals surface area contributed by atoms with Crippen LogP contribution in [-0.4, -0.2) is 55.1 Å². The third-order valence-corrected chi connectivity index (χ3v) is 6.11. The van der Waals surface area contributed by atoms with E-state index in [0.717, 1.165) is 60.6 Å². The van der Waals surface area contributed by atoms with Crippen molar-refractivity contribution in [3.63, 3.8) is 0 Å². The average Bonchev–Trinajstić information content (AvgIpc) is 2.71. The zero-order valence-electron chi connectivity index (χ0n) is 16.1. The highest BCUT2D eigenvalue weighted by Gasteiger charge is 2.26. The Morgan fingerprint density at radius 3 is 2.83 bits per heavy atom. The van der Waals surface area contributed by atoms with Crippen molar-refractivity contribution in [3.05, 3.63) is 51.5 Å². The summed E-state index contributed by atoms with van der Waals surface area (Å²) in [5, 5.41) is 10.5. The van der Waals surface area contributed by atoms with Crippen LogP contribution in [0.15, 0.2) is 45.9 Å². The zero-order valence-corrected chi connectivity index (χ0v) is 18.4. The topological polar surface area (TPSA) is 54.3 Å². The number of fused-ring (bicyclic) bond motifs is 1. The zero-order chi connectivity index (χ0) is 20.2. The Hall–Kier alpha value is -1.76. The first-order chi connectivity index (χ1) is 14.1. The molecule has 2 aromatic carbocycles. The van der Waals surface area contributed by atoms with E-state index in [-0.39, 0.29) is 11.9 Å². The second kappa shape index (κ2) is 9.37. The number of aromatic hydroxyl groups is 1. The van der Waals surface area contributed by atoms with E-state index in [9.17, 15) is 5.11 Å². The highest BCUT2D eigenvalue weighted by atomic mass is 79.9. The molecule has 0 saturated carbocycles. The van der Waals surface area contributed by atoms with Gasteiger partial charge in [-0.3, -0.25) is 9.89 Å². The summed E-state index contributed by atoms with van der Waals surface area (Å²) >= 11 is 9.48. The molecule has 5 nitrogen and oxygen atoms in total. The lowest BCUT2D eigenvalue weighted by Crippen LogP contribution is -2.44. The third-order valence-electron chi connectivity index (χ3n) is 5.38. The molecule has 2 aliphatic rings. The quantitative estimate of drug-likeness (QED) is 0.627. The summed E-state index contributed by atoms with van der Waals surface area (Å²) in [5.74, 6) is 2.32. The van der Waals surface area contributed by atoms with E-state index in [0.29, 0.717) is 17.5 Å². The van der Waals surface area contributed by atoms with Crippen molar-refractivity contribution in [2.75, 3.05) is 32.8 Å². The standard InChI is InChI=1S/C22H24BrClN2O3/c23-17-1-3-20(27)16(9-17)12-25-11-15-5-7-26(8-6-15)13-19-14-28-21-4-2-18(24)10-22(21)29-19/h1-4,9-10,12,15,19,27H,5-8,11,13-14H2. The van der Waals surface area contributed by atoms with Crippen LogP contribution >= 0.6 is 27.5 Å². The minimum Gasteiger partial charge on any atom is -0.507 e. The van der Waals surface area contributed by atoms with Gasteiger partial charge in [-0.15, -0.1) is 0 Å². The van der Waals surface area contributed by atoms with E-state index in [4.69, 9.17) is 21.1 Å². The monoisotopic (exact) mass is 478 g/mol. The molecule has 0 amide bonds. The van der Waals surface area contributed by atoms with Crippen molar-refractivity contribution >= 4 is 33.7 Å². The van der Waals surface area contributed by atoms with E-state index in [2.05, 4.69) is 25.8 Å². The van der Waals surface area contributed by atoms with Crippen molar-refractivity contribution in [2.45, 2.75) is 18.9 Å². The second-order valence-electron chi connectivity index (χ2n) is 7.58. The van der Waals surface area contributed by atoms with Gasteiger partial charge in [-0.2, -0.15) is 0 Å². The van der Waals surface area contributed by atoms with Crippen LogP contribution in [0.2, 0.25) is 5.02 Å². The number of ether oxygens (including phenoxy) is 2. The molecule has 7 heteroatoms. The summed E-state index contributed by atoms with van der Waals surface area (Å²) in [5.41, 5.74) is 0.742. The number of hydrogen-bond acceptors (Lipinski definition) is 5. The normalized spacial score (nSPS) is 20.3. The second-order valence-corrected chi connectivity index (χ2v) is 8.94. The molecule has 1 fully saturated rings. The molecule has 2 aromatic rings. The SMILES string of the molecule is Oc1ccc(Br)cc1C=NCC1CCN(CC2COc3ccc(Cl)cc3O2)CC1. The molecule has 2 heterocycles. The molecule has 1 atom stereocenters. The first-order valence-electron chi connectivity index (χ1n) is 9.86. The number of nitrogens with zero attached hydrogens (tertiary/aromatic N) is 2. The maximum Gasteiger partial charge on any atom is 0.163 e. The molecule has 1 N–H and O–H groups in total. The van der Waals surface area contributed by atoms with Crippen LogP contribution in [0.3, 0.4) is 0 Å². The fourth-order valence-electron chi connectivity index (χ4n) is 3.75. The number of phenols is 1. The van der Waals surface area contributed by atoms with Crippen molar-refractivity contribution in [2.24, 2.45) is 10.9 Å². The Kier molecular flexibility index (Phi) is 6.63. The fraction of sp³-hybridized carbons (Fsp3) is 0.409.